The largest absolute Gasteiger partial charge is 0.294 e. The van der Waals surface area contributed by atoms with E-state index in [-0.39, 0.29) is 0 Å². The zero-order valence-electron chi connectivity index (χ0n) is 9.03. The van der Waals surface area contributed by atoms with Crippen LogP contribution in [0.4, 0.5) is 0 Å². The van der Waals surface area contributed by atoms with Crippen LogP contribution in [0.25, 0.3) is 0 Å². The molecule has 0 N–H and O–H groups in total. The molecule has 0 unspecified atom stereocenters. The summed E-state index contributed by atoms with van der Waals surface area (Å²) in [5.41, 5.74) is 2.32. The average Bonchev–Trinajstić information content (AvgIpc) is 2.17. The van der Waals surface area contributed by atoms with Gasteiger partial charge in [0.25, 0.3) is 0 Å². The lowest BCUT2D eigenvalue weighted by molar-refractivity contribution is 0.301. The van der Waals surface area contributed by atoms with Gasteiger partial charge in [-0.1, -0.05) is 25.1 Å². The highest BCUT2D eigenvalue weighted by Crippen LogP contribution is 2.02. The molecule has 0 amide bonds. The summed E-state index contributed by atoms with van der Waals surface area (Å²) in [7, 11) is 0. The summed E-state index contributed by atoms with van der Waals surface area (Å²) >= 11 is 0. The van der Waals surface area contributed by atoms with Gasteiger partial charge in [0.05, 0.1) is 5.69 Å². The maximum atomic E-state index is 4.30. The topological polar surface area (TPSA) is 16.1 Å². The van der Waals surface area contributed by atoms with E-state index in [4.69, 9.17) is 0 Å². The number of hydrogen-bond donors (Lipinski definition) is 0. The highest BCUT2D eigenvalue weighted by atomic mass is 15.1. The van der Waals surface area contributed by atoms with Crippen LogP contribution >= 0.6 is 0 Å². The summed E-state index contributed by atoms with van der Waals surface area (Å²) in [5, 5.41) is 0. The van der Waals surface area contributed by atoms with Crippen molar-refractivity contribution in [2.75, 3.05) is 13.1 Å². The molecule has 0 bridgehead atoms. The Bertz CT molecular complexity index is 280. The molecule has 2 heteroatoms. The molecule has 0 aliphatic carbocycles. The van der Waals surface area contributed by atoms with Gasteiger partial charge < -0.3 is 0 Å². The van der Waals surface area contributed by atoms with Crippen LogP contribution in [0, 0.1) is 0 Å². The van der Waals surface area contributed by atoms with E-state index in [0.29, 0.717) is 0 Å². The molecule has 0 atom stereocenters. The van der Waals surface area contributed by atoms with Crippen molar-refractivity contribution in [3.8, 4) is 0 Å². The van der Waals surface area contributed by atoms with E-state index in [1.165, 1.54) is 5.57 Å². The Kier molecular flexibility index (Phi) is 4.33. The molecule has 1 aromatic rings. The number of aromatic nitrogens is 1. The monoisotopic (exact) mass is 190 g/mol. The number of nitrogens with zero attached hydrogens (tertiary/aromatic N) is 2. The van der Waals surface area contributed by atoms with Crippen molar-refractivity contribution < 1.29 is 0 Å². The molecular formula is C12H18N2. The summed E-state index contributed by atoms with van der Waals surface area (Å²) in [5.74, 6) is 0. The first-order valence-electron chi connectivity index (χ1n) is 4.99. The molecule has 2 nitrogen and oxygen atoms in total. The quantitative estimate of drug-likeness (QED) is 0.663. The Morgan fingerprint density at radius 3 is 2.79 bits per heavy atom. The average molecular weight is 190 g/mol. The second-order valence-corrected chi connectivity index (χ2v) is 3.58. The van der Waals surface area contributed by atoms with E-state index in [1.54, 1.807) is 0 Å². The molecule has 0 aliphatic heterocycles. The van der Waals surface area contributed by atoms with Crippen molar-refractivity contribution in [3.63, 3.8) is 0 Å². The first kappa shape index (κ1) is 10.9. The highest BCUT2D eigenvalue weighted by molar-refractivity contribution is 5.04. The Hall–Kier alpha value is -1.15. The Labute approximate surface area is 86.3 Å². The second kappa shape index (κ2) is 5.55. The molecule has 0 aliphatic rings. The third kappa shape index (κ3) is 3.71. The lowest BCUT2D eigenvalue weighted by Crippen LogP contribution is -2.24. The lowest BCUT2D eigenvalue weighted by atomic mass is 10.3. The van der Waals surface area contributed by atoms with Gasteiger partial charge in [0.1, 0.15) is 0 Å². The fourth-order valence-corrected chi connectivity index (χ4v) is 1.38. The molecule has 76 valence electrons. The number of likely N-dealkylation sites (N-methyl/N-ethyl adjacent to an activating group) is 1. The SMILES string of the molecule is C=C(C)CN(CC)Cc1ccccn1. The molecule has 0 spiro atoms. The van der Waals surface area contributed by atoms with Crippen molar-refractivity contribution >= 4 is 0 Å². The minimum atomic E-state index is 0.907. The third-order valence-corrected chi connectivity index (χ3v) is 2.05. The van der Waals surface area contributed by atoms with E-state index in [9.17, 15) is 0 Å². The van der Waals surface area contributed by atoms with Crippen LogP contribution in [0.15, 0.2) is 36.5 Å². The van der Waals surface area contributed by atoms with Crippen LogP contribution in [-0.4, -0.2) is 23.0 Å². The van der Waals surface area contributed by atoms with Crippen LogP contribution in [-0.2, 0) is 6.54 Å². The molecule has 0 saturated heterocycles. The lowest BCUT2D eigenvalue weighted by Gasteiger charge is -2.19. The molecule has 1 rings (SSSR count). The zero-order valence-corrected chi connectivity index (χ0v) is 9.03. The van der Waals surface area contributed by atoms with Crippen LogP contribution in [0.5, 0.6) is 0 Å². The van der Waals surface area contributed by atoms with Gasteiger partial charge in [-0.15, -0.1) is 0 Å². The molecule has 1 aromatic heterocycles. The summed E-state index contributed by atoms with van der Waals surface area (Å²) in [6, 6.07) is 6.02. The van der Waals surface area contributed by atoms with E-state index in [1.807, 2.05) is 18.3 Å². The fourth-order valence-electron chi connectivity index (χ4n) is 1.38. The minimum absolute atomic E-state index is 0.907. The van der Waals surface area contributed by atoms with Crippen molar-refractivity contribution in [2.45, 2.75) is 20.4 Å². The van der Waals surface area contributed by atoms with Gasteiger partial charge in [-0.25, -0.2) is 0 Å². The van der Waals surface area contributed by atoms with Gasteiger partial charge in [-0.05, 0) is 25.6 Å². The van der Waals surface area contributed by atoms with Crippen molar-refractivity contribution in [1.29, 1.82) is 0 Å². The summed E-state index contributed by atoms with van der Waals surface area (Å²) in [6.45, 7) is 11.0. The smallest absolute Gasteiger partial charge is 0.0544 e. The summed E-state index contributed by atoms with van der Waals surface area (Å²) in [4.78, 5) is 6.63. The summed E-state index contributed by atoms with van der Waals surface area (Å²) < 4.78 is 0. The number of rotatable bonds is 5. The predicted molar refractivity (Wildman–Crippen MR) is 60.0 cm³/mol. The number of pyridine rings is 1. The van der Waals surface area contributed by atoms with Gasteiger partial charge in [0.2, 0.25) is 0 Å². The van der Waals surface area contributed by atoms with Crippen molar-refractivity contribution in [2.24, 2.45) is 0 Å². The molecule has 0 radical (unpaired) electrons. The van der Waals surface area contributed by atoms with Gasteiger partial charge in [0, 0.05) is 19.3 Å². The first-order valence-corrected chi connectivity index (χ1v) is 4.99. The van der Waals surface area contributed by atoms with E-state index in [2.05, 4.69) is 36.4 Å². The van der Waals surface area contributed by atoms with E-state index < -0.39 is 0 Å². The minimum Gasteiger partial charge on any atom is -0.294 e. The van der Waals surface area contributed by atoms with E-state index >= 15 is 0 Å². The van der Waals surface area contributed by atoms with Crippen molar-refractivity contribution in [3.05, 3.63) is 42.2 Å². The standard InChI is InChI=1S/C12H18N2/c1-4-14(9-11(2)3)10-12-7-5-6-8-13-12/h5-8H,2,4,9-10H2,1,3H3. The Morgan fingerprint density at radius 2 is 2.29 bits per heavy atom. The van der Waals surface area contributed by atoms with Crippen molar-refractivity contribution in [1.82, 2.24) is 9.88 Å². The van der Waals surface area contributed by atoms with E-state index in [0.717, 1.165) is 25.3 Å². The van der Waals surface area contributed by atoms with Crippen LogP contribution in [0.1, 0.15) is 19.5 Å². The Morgan fingerprint density at radius 1 is 1.50 bits per heavy atom. The molecule has 1 heterocycles. The highest BCUT2D eigenvalue weighted by Gasteiger charge is 2.03. The fraction of sp³-hybridized carbons (Fsp3) is 0.417. The van der Waals surface area contributed by atoms with Crippen LogP contribution < -0.4 is 0 Å². The van der Waals surface area contributed by atoms with Gasteiger partial charge >= 0.3 is 0 Å². The predicted octanol–water partition coefficient (Wildman–Crippen LogP) is 2.48. The maximum Gasteiger partial charge on any atom is 0.0544 e. The zero-order chi connectivity index (χ0) is 10.4. The maximum absolute atomic E-state index is 4.30. The molecule has 0 aromatic carbocycles. The van der Waals surface area contributed by atoms with Gasteiger partial charge in [-0.2, -0.15) is 0 Å². The van der Waals surface area contributed by atoms with Gasteiger partial charge in [0.15, 0.2) is 0 Å². The van der Waals surface area contributed by atoms with Crippen LogP contribution in [0.2, 0.25) is 0 Å². The Balaban J connectivity index is 2.53. The number of hydrogen-bond acceptors (Lipinski definition) is 2. The third-order valence-electron chi connectivity index (χ3n) is 2.05. The van der Waals surface area contributed by atoms with Crippen LogP contribution in [0.3, 0.4) is 0 Å². The second-order valence-electron chi connectivity index (χ2n) is 3.58. The normalized spacial score (nSPS) is 10.5. The summed E-state index contributed by atoms with van der Waals surface area (Å²) in [6.07, 6.45) is 1.84. The molecule has 14 heavy (non-hydrogen) atoms. The molecule has 0 saturated carbocycles. The molecular weight excluding hydrogens is 172 g/mol. The molecule has 0 fully saturated rings. The first-order chi connectivity index (χ1) is 6.72. The van der Waals surface area contributed by atoms with Gasteiger partial charge in [-0.3, -0.25) is 9.88 Å².